The van der Waals surface area contributed by atoms with Crippen molar-refractivity contribution in [3.05, 3.63) is 28.9 Å². The highest BCUT2D eigenvalue weighted by Crippen LogP contribution is 2.28. The summed E-state index contributed by atoms with van der Waals surface area (Å²) in [6.45, 7) is 4.78. The van der Waals surface area contributed by atoms with E-state index in [9.17, 15) is 4.79 Å². The Morgan fingerprint density at radius 3 is 2.67 bits per heavy atom. The molecule has 0 atom stereocenters. The monoisotopic (exact) mass is 322 g/mol. The summed E-state index contributed by atoms with van der Waals surface area (Å²) < 4.78 is 0. The van der Waals surface area contributed by atoms with Crippen LogP contribution in [0.4, 0.5) is 5.13 Å². The molecule has 0 aromatic carbocycles. The van der Waals surface area contributed by atoms with Gasteiger partial charge in [-0.05, 0) is 12.1 Å². The molecule has 0 saturated carbocycles. The van der Waals surface area contributed by atoms with E-state index in [0.29, 0.717) is 5.15 Å². The van der Waals surface area contributed by atoms with Crippen LogP contribution in [0.1, 0.15) is 6.92 Å². The molecule has 0 bridgehead atoms. The molecule has 7 heteroatoms. The quantitative estimate of drug-likeness (QED) is 0.797. The third-order valence-electron chi connectivity index (χ3n) is 3.51. The lowest BCUT2D eigenvalue weighted by Crippen LogP contribution is -2.48. The minimum absolute atomic E-state index is 0.140. The first kappa shape index (κ1) is 14.3. The number of aromatic nitrogens is 2. The van der Waals surface area contributed by atoms with Gasteiger partial charge in [0.2, 0.25) is 5.91 Å². The molecule has 1 fully saturated rings. The Labute approximate surface area is 132 Å². The van der Waals surface area contributed by atoms with Crippen molar-refractivity contribution in [2.45, 2.75) is 6.92 Å². The molecule has 2 aromatic heterocycles. The van der Waals surface area contributed by atoms with E-state index in [2.05, 4.69) is 14.9 Å². The second-order valence-electron chi connectivity index (χ2n) is 4.88. The van der Waals surface area contributed by atoms with Crippen LogP contribution >= 0.6 is 22.9 Å². The van der Waals surface area contributed by atoms with Crippen LogP contribution in [0.3, 0.4) is 0 Å². The predicted molar refractivity (Wildman–Crippen MR) is 84.8 cm³/mol. The Bertz CT molecular complexity index is 635. The number of nitrogens with zero attached hydrogens (tertiary/aromatic N) is 4. The fraction of sp³-hybridized carbons (Fsp3) is 0.357. The Morgan fingerprint density at radius 2 is 2.05 bits per heavy atom. The molecule has 3 heterocycles. The molecule has 0 aliphatic carbocycles. The molecule has 0 unspecified atom stereocenters. The highest BCUT2D eigenvalue weighted by Gasteiger charge is 2.20. The van der Waals surface area contributed by atoms with E-state index in [4.69, 9.17) is 11.6 Å². The number of pyridine rings is 1. The lowest BCUT2D eigenvalue weighted by atomic mass is 10.2. The number of hydrogen-bond donors (Lipinski definition) is 0. The fourth-order valence-corrected chi connectivity index (χ4v) is 3.28. The van der Waals surface area contributed by atoms with E-state index in [1.165, 1.54) is 0 Å². The third kappa shape index (κ3) is 3.16. The molecule has 1 aliphatic rings. The second-order valence-corrected chi connectivity index (χ2v) is 6.10. The standard InChI is InChI=1S/C14H15ClN4OS/c1-10(20)18-4-6-19(7-5-18)14-17-12(9-21-14)11-2-3-13(15)16-8-11/h2-3,8-9H,4-7H2,1H3. The van der Waals surface area contributed by atoms with Crippen LogP contribution in [-0.4, -0.2) is 47.0 Å². The highest BCUT2D eigenvalue weighted by atomic mass is 35.5. The number of amides is 1. The van der Waals surface area contributed by atoms with Crippen LogP contribution in [0.15, 0.2) is 23.7 Å². The van der Waals surface area contributed by atoms with E-state index in [1.54, 1.807) is 30.5 Å². The van der Waals surface area contributed by atoms with Gasteiger partial charge in [0.15, 0.2) is 5.13 Å². The molecule has 0 radical (unpaired) electrons. The number of carbonyl (C=O) groups excluding carboxylic acids is 1. The van der Waals surface area contributed by atoms with E-state index in [0.717, 1.165) is 42.6 Å². The topological polar surface area (TPSA) is 49.3 Å². The van der Waals surface area contributed by atoms with Crippen molar-refractivity contribution in [1.82, 2.24) is 14.9 Å². The zero-order valence-electron chi connectivity index (χ0n) is 11.6. The van der Waals surface area contributed by atoms with Crippen LogP contribution < -0.4 is 4.90 Å². The van der Waals surface area contributed by atoms with Gasteiger partial charge in [-0.15, -0.1) is 11.3 Å². The average Bonchev–Trinajstić information content (AvgIpc) is 2.98. The smallest absolute Gasteiger partial charge is 0.219 e. The summed E-state index contributed by atoms with van der Waals surface area (Å²) in [5, 5.41) is 3.50. The Hall–Kier alpha value is -1.66. The summed E-state index contributed by atoms with van der Waals surface area (Å²) in [4.78, 5) is 24.2. The van der Waals surface area contributed by atoms with E-state index < -0.39 is 0 Å². The lowest BCUT2D eigenvalue weighted by molar-refractivity contribution is -0.129. The first-order chi connectivity index (χ1) is 10.1. The number of rotatable bonds is 2. The fourth-order valence-electron chi connectivity index (χ4n) is 2.28. The van der Waals surface area contributed by atoms with Crippen LogP contribution in [0.25, 0.3) is 11.3 Å². The molecular formula is C14H15ClN4OS. The van der Waals surface area contributed by atoms with Gasteiger partial charge in [0, 0.05) is 50.2 Å². The molecule has 3 rings (SSSR count). The highest BCUT2D eigenvalue weighted by molar-refractivity contribution is 7.14. The summed E-state index contributed by atoms with van der Waals surface area (Å²) in [5.74, 6) is 0.140. The van der Waals surface area contributed by atoms with Crippen LogP contribution in [-0.2, 0) is 4.79 Å². The maximum Gasteiger partial charge on any atom is 0.219 e. The molecule has 21 heavy (non-hydrogen) atoms. The van der Waals surface area contributed by atoms with Gasteiger partial charge in [0.1, 0.15) is 5.15 Å². The van der Waals surface area contributed by atoms with Gasteiger partial charge in [-0.3, -0.25) is 4.79 Å². The van der Waals surface area contributed by atoms with Crippen LogP contribution in [0.2, 0.25) is 5.15 Å². The SMILES string of the molecule is CC(=O)N1CCN(c2nc(-c3ccc(Cl)nc3)cs2)CC1. The molecule has 2 aromatic rings. The maximum atomic E-state index is 11.3. The first-order valence-corrected chi connectivity index (χ1v) is 7.97. The van der Waals surface area contributed by atoms with Gasteiger partial charge in [-0.1, -0.05) is 11.6 Å². The van der Waals surface area contributed by atoms with Crippen molar-refractivity contribution in [1.29, 1.82) is 0 Å². The summed E-state index contributed by atoms with van der Waals surface area (Å²) >= 11 is 7.41. The van der Waals surface area contributed by atoms with E-state index >= 15 is 0 Å². The van der Waals surface area contributed by atoms with Crippen molar-refractivity contribution in [3.63, 3.8) is 0 Å². The van der Waals surface area contributed by atoms with Gasteiger partial charge in [0.25, 0.3) is 0 Å². The number of anilines is 1. The number of hydrogen-bond acceptors (Lipinski definition) is 5. The molecule has 0 N–H and O–H groups in total. The first-order valence-electron chi connectivity index (χ1n) is 6.71. The lowest BCUT2D eigenvalue weighted by Gasteiger charge is -2.33. The zero-order valence-corrected chi connectivity index (χ0v) is 13.2. The van der Waals surface area contributed by atoms with Crippen molar-refractivity contribution in [2.24, 2.45) is 0 Å². The third-order valence-corrected chi connectivity index (χ3v) is 4.64. The van der Waals surface area contributed by atoms with Crippen molar-refractivity contribution in [3.8, 4) is 11.3 Å². The minimum atomic E-state index is 0.140. The van der Waals surface area contributed by atoms with Crippen LogP contribution in [0, 0.1) is 0 Å². The van der Waals surface area contributed by atoms with Crippen LogP contribution in [0.5, 0.6) is 0 Å². The average molecular weight is 323 g/mol. The maximum absolute atomic E-state index is 11.3. The summed E-state index contributed by atoms with van der Waals surface area (Å²) in [7, 11) is 0. The Balaban J connectivity index is 1.71. The second kappa shape index (κ2) is 5.99. The summed E-state index contributed by atoms with van der Waals surface area (Å²) in [6.07, 6.45) is 1.73. The largest absolute Gasteiger partial charge is 0.345 e. The summed E-state index contributed by atoms with van der Waals surface area (Å²) in [6, 6.07) is 3.68. The molecule has 110 valence electrons. The number of carbonyl (C=O) groups is 1. The molecule has 1 aliphatic heterocycles. The van der Waals surface area contributed by atoms with Gasteiger partial charge in [-0.2, -0.15) is 0 Å². The molecule has 1 saturated heterocycles. The van der Waals surface area contributed by atoms with Gasteiger partial charge < -0.3 is 9.80 Å². The molecule has 1 amide bonds. The van der Waals surface area contributed by atoms with E-state index in [1.807, 2.05) is 16.3 Å². The summed E-state index contributed by atoms with van der Waals surface area (Å²) in [5.41, 5.74) is 1.87. The predicted octanol–water partition coefficient (Wildman–Crippen LogP) is 2.53. The normalized spacial score (nSPS) is 15.3. The zero-order chi connectivity index (χ0) is 14.8. The Morgan fingerprint density at radius 1 is 1.29 bits per heavy atom. The van der Waals surface area contributed by atoms with Gasteiger partial charge in [-0.25, -0.2) is 9.97 Å². The number of thiazole rings is 1. The minimum Gasteiger partial charge on any atom is -0.345 e. The van der Waals surface area contributed by atoms with Gasteiger partial charge in [0.05, 0.1) is 5.69 Å². The van der Waals surface area contributed by atoms with Crippen molar-refractivity contribution >= 4 is 34.0 Å². The van der Waals surface area contributed by atoms with Gasteiger partial charge >= 0.3 is 0 Å². The molecule has 5 nitrogen and oxygen atoms in total. The molecular weight excluding hydrogens is 308 g/mol. The number of piperazine rings is 1. The van der Waals surface area contributed by atoms with Crippen molar-refractivity contribution in [2.75, 3.05) is 31.1 Å². The van der Waals surface area contributed by atoms with Crippen molar-refractivity contribution < 1.29 is 4.79 Å². The number of halogens is 1. The Kier molecular flexibility index (Phi) is 4.07. The molecule has 0 spiro atoms. The van der Waals surface area contributed by atoms with E-state index in [-0.39, 0.29) is 5.91 Å².